The van der Waals surface area contributed by atoms with Crippen LogP contribution in [0.5, 0.6) is 5.75 Å². The van der Waals surface area contributed by atoms with Crippen molar-refractivity contribution in [2.75, 3.05) is 13.2 Å². The number of rotatable bonds is 11. The van der Waals surface area contributed by atoms with E-state index in [1.807, 2.05) is 12.1 Å². The fourth-order valence-corrected chi connectivity index (χ4v) is 4.64. The number of hydrogen-bond acceptors (Lipinski definition) is 2. The summed E-state index contributed by atoms with van der Waals surface area (Å²) in [5.74, 6) is 2.37. The first-order chi connectivity index (χ1) is 15.6. The van der Waals surface area contributed by atoms with Gasteiger partial charge in [-0.25, -0.2) is 0 Å². The van der Waals surface area contributed by atoms with Crippen LogP contribution in [-0.2, 0) is 4.79 Å². The van der Waals surface area contributed by atoms with Crippen LogP contribution in [0.25, 0.3) is 11.1 Å². The van der Waals surface area contributed by atoms with E-state index in [1.54, 1.807) is 6.92 Å². The Morgan fingerprint density at radius 1 is 0.969 bits per heavy atom. The smallest absolute Gasteiger partial charge is 0.246 e. The standard InChI is InChI=1S/C29H39NO2/c1-4-5-6-7-23-8-10-24(11-9-23)25-12-14-26(15-13-25)27-16-18-28(19-17-27)32-21-20-30-29(31)22(2)3/h12-19,23-24H,2,4-11,20-21H2,1,3H3,(H,30,31). The van der Waals surface area contributed by atoms with E-state index in [-0.39, 0.29) is 5.91 Å². The van der Waals surface area contributed by atoms with Gasteiger partial charge in [-0.15, -0.1) is 0 Å². The lowest BCUT2D eigenvalue weighted by molar-refractivity contribution is -0.117. The highest BCUT2D eigenvalue weighted by Crippen LogP contribution is 2.38. The van der Waals surface area contributed by atoms with Crippen LogP contribution in [0.1, 0.15) is 76.7 Å². The molecule has 2 aromatic carbocycles. The Hall–Kier alpha value is -2.55. The second kappa shape index (κ2) is 12.5. The van der Waals surface area contributed by atoms with Gasteiger partial charge < -0.3 is 10.1 Å². The van der Waals surface area contributed by atoms with Crippen molar-refractivity contribution in [3.63, 3.8) is 0 Å². The molecule has 32 heavy (non-hydrogen) atoms. The third kappa shape index (κ3) is 7.25. The minimum Gasteiger partial charge on any atom is -0.492 e. The topological polar surface area (TPSA) is 38.3 Å². The molecule has 0 bridgehead atoms. The third-order valence-electron chi connectivity index (χ3n) is 6.68. The van der Waals surface area contributed by atoms with E-state index in [9.17, 15) is 4.79 Å². The molecule has 0 radical (unpaired) electrons. The molecular weight excluding hydrogens is 394 g/mol. The molecule has 0 heterocycles. The first-order valence-corrected chi connectivity index (χ1v) is 12.3. The van der Waals surface area contributed by atoms with Crippen molar-refractivity contribution in [1.82, 2.24) is 5.32 Å². The summed E-state index contributed by atoms with van der Waals surface area (Å²) in [5, 5.41) is 2.77. The number of ether oxygens (including phenoxy) is 1. The molecule has 1 aliphatic carbocycles. The molecule has 0 saturated heterocycles. The molecule has 0 atom stereocenters. The van der Waals surface area contributed by atoms with Crippen LogP contribution >= 0.6 is 0 Å². The minimum absolute atomic E-state index is 0.132. The molecule has 172 valence electrons. The van der Waals surface area contributed by atoms with Gasteiger partial charge in [-0.1, -0.05) is 75.6 Å². The summed E-state index contributed by atoms with van der Waals surface area (Å²) in [4.78, 5) is 11.5. The molecular formula is C29H39NO2. The Bertz CT molecular complexity index is 846. The second-order valence-corrected chi connectivity index (χ2v) is 9.24. The average molecular weight is 434 g/mol. The van der Waals surface area contributed by atoms with Crippen LogP contribution < -0.4 is 10.1 Å². The van der Waals surface area contributed by atoms with Gasteiger partial charge in [0.2, 0.25) is 5.91 Å². The van der Waals surface area contributed by atoms with Gasteiger partial charge in [0.05, 0.1) is 6.54 Å². The number of nitrogens with one attached hydrogen (secondary N) is 1. The van der Waals surface area contributed by atoms with Gasteiger partial charge in [0.1, 0.15) is 12.4 Å². The fourth-order valence-electron chi connectivity index (χ4n) is 4.64. The Labute approximate surface area is 194 Å². The van der Waals surface area contributed by atoms with E-state index >= 15 is 0 Å². The van der Waals surface area contributed by atoms with Crippen LogP contribution in [0.2, 0.25) is 0 Å². The van der Waals surface area contributed by atoms with E-state index in [0.717, 1.165) is 17.6 Å². The molecule has 0 spiro atoms. The van der Waals surface area contributed by atoms with Gasteiger partial charge in [0.25, 0.3) is 0 Å². The van der Waals surface area contributed by atoms with Gasteiger partial charge in [-0.2, -0.15) is 0 Å². The van der Waals surface area contributed by atoms with E-state index in [2.05, 4.69) is 55.2 Å². The zero-order valence-electron chi connectivity index (χ0n) is 19.9. The van der Waals surface area contributed by atoms with Crippen molar-refractivity contribution in [3.05, 3.63) is 66.2 Å². The van der Waals surface area contributed by atoms with E-state index in [0.29, 0.717) is 18.7 Å². The summed E-state index contributed by atoms with van der Waals surface area (Å²) in [6.45, 7) is 8.52. The zero-order chi connectivity index (χ0) is 22.8. The number of carbonyl (C=O) groups excluding carboxylic acids is 1. The maximum absolute atomic E-state index is 11.5. The fraction of sp³-hybridized carbons (Fsp3) is 0.483. The van der Waals surface area contributed by atoms with Crippen molar-refractivity contribution >= 4 is 5.91 Å². The van der Waals surface area contributed by atoms with Gasteiger partial charge in [-0.3, -0.25) is 4.79 Å². The molecule has 2 aromatic rings. The Morgan fingerprint density at radius 3 is 2.19 bits per heavy atom. The van der Waals surface area contributed by atoms with Crippen molar-refractivity contribution in [1.29, 1.82) is 0 Å². The van der Waals surface area contributed by atoms with E-state index in [1.165, 1.54) is 68.1 Å². The van der Waals surface area contributed by atoms with Crippen LogP contribution in [-0.4, -0.2) is 19.1 Å². The van der Waals surface area contributed by atoms with Crippen LogP contribution in [0.15, 0.2) is 60.7 Å². The summed E-state index contributed by atoms with van der Waals surface area (Å²) < 4.78 is 5.72. The quantitative estimate of drug-likeness (QED) is 0.299. The summed E-state index contributed by atoms with van der Waals surface area (Å²) in [5.41, 5.74) is 4.44. The summed E-state index contributed by atoms with van der Waals surface area (Å²) in [6.07, 6.45) is 11.0. The molecule has 1 saturated carbocycles. The molecule has 3 nitrogen and oxygen atoms in total. The SMILES string of the molecule is C=C(C)C(=O)NCCOc1ccc(-c2ccc(C3CCC(CCCCC)CC3)cc2)cc1. The average Bonchev–Trinajstić information content (AvgIpc) is 2.83. The van der Waals surface area contributed by atoms with Crippen LogP contribution in [0.3, 0.4) is 0 Å². The molecule has 0 aliphatic heterocycles. The number of carbonyl (C=O) groups is 1. The number of benzene rings is 2. The summed E-state index contributed by atoms with van der Waals surface area (Å²) in [7, 11) is 0. The summed E-state index contributed by atoms with van der Waals surface area (Å²) >= 11 is 0. The molecule has 0 aromatic heterocycles. The van der Waals surface area contributed by atoms with Crippen molar-refractivity contribution in [2.45, 2.75) is 71.1 Å². The molecule has 0 unspecified atom stereocenters. The monoisotopic (exact) mass is 433 g/mol. The second-order valence-electron chi connectivity index (χ2n) is 9.24. The first-order valence-electron chi connectivity index (χ1n) is 12.3. The predicted octanol–water partition coefficient (Wildman–Crippen LogP) is 7.28. The van der Waals surface area contributed by atoms with Crippen molar-refractivity contribution < 1.29 is 9.53 Å². The number of unbranched alkanes of at least 4 members (excludes halogenated alkanes) is 2. The molecule has 3 heteroatoms. The van der Waals surface area contributed by atoms with E-state index < -0.39 is 0 Å². The van der Waals surface area contributed by atoms with Gasteiger partial charge in [0.15, 0.2) is 0 Å². The lowest BCUT2D eigenvalue weighted by Crippen LogP contribution is -2.28. The Kier molecular flexibility index (Phi) is 9.40. The van der Waals surface area contributed by atoms with Crippen LogP contribution in [0, 0.1) is 5.92 Å². The first kappa shape index (κ1) is 24.1. The zero-order valence-corrected chi connectivity index (χ0v) is 19.9. The molecule has 1 aliphatic rings. The number of amides is 1. The maximum atomic E-state index is 11.5. The van der Waals surface area contributed by atoms with Crippen LogP contribution in [0.4, 0.5) is 0 Å². The largest absolute Gasteiger partial charge is 0.492 e. The molecule has 1 fully saturated rings. The molecule has 1 amide bonds. The van der Waals surface area contributed by atoms with Gasteiger partial charge in [0, 0.05) is 5.57 Å². The summed E-state index contributed by atoms with van der Waals surface area (Å²) in [6, 6.07) is 17.3. The van der Waals surface area contributed by atoms with E-state index in [4.69, 9.17) is 4.74 Å². The van der Waals surface area contributed by atoms with Gasteiger partial charge >= 0.3 is 0 Å². The highest BCUT2D eigenvalue weighted by atomic mass is 16.5. The Morgan fingerprint density at radius 2 is 1.59 bits per heavy atom. The minimum atomic E-state index is -0.132. The highest BCUT2D eigenvalue weighted by molar-refractivity contribution is 5.92. The molecule has 1 N–H and O–H groups in total. The number of hydrogen-bond donors (Lipinski definition) is 1. The van der Waals surface area contributed by atoms with Crippen molar-refractivity contribution in [3.8, 4) is 16.9 Å². The Balaban J connectivity index is 1.45. The highest BCUT2D eigenvalue weighted by Gasteiger charge is 2.22. The molecule has 3 rings (SSSR count). The maximum Gasteiger partial charge on any atom is 0.246 e. The lowest BCUT2D eigenvalue weighted by Gasteiger charge is -2.29. The van der Waals surface area contributed by atoms with Crippen molar-refractivity contribution in [2.24, 2.45) is 5.92 Å². The van der Waals surface area contributed by atoms with Gasteiger partial charge in [-0.05, 0) is 73.3 Å². The normalized spacial score (nSPS) is 18.2. The third-order valence-corrected chi connectivity index (χ3v) is 6.68. The predicted molar refractivity (Wildman–Crippen MR) is 134 cm³/mol. The lowest BCUT2D eigenvalue weighted by atomic mass is 9.77.